The van der Waals surface area contributed by atoms with Crippen molar-refractivity contribution in [2.45, 2.75) is 58.9 Å². The summed E-state index contributed by atoms with van der Waals surface area (Å²) in [5, 5.41) is 12.6. The predicted molar refractivity (Wildman–Crippen MR) is 73.3 cm³/mol. The molecule has 17 heavy (non-hydrogen) atoms. The van der Waals surface area contributed by atoms with E-state index >= 15 is 0 Å². The Kier molecular flexibility index (Phi) is 9.79. The summed E-state index contributed by atoms with van der Waals surface area (Å²) in [5.41, 5.74) is -0.294. The zero-order valence-electron chi connectivity index (χ0n) is 12.1. The summed E-state index contributed by atoms with van der Waals surface area (Å²) in [4.78, 5) is 0. The fourth-order valence-electron chi connectivity index (χ4n) is 1.93. The van der Waals surface area contributed by atoms with Gasteiger partial charge in [0.2, 0.25) is 0 Å². The molecule has 0 bridgehead atoms. The maximum atomic E-state index is 9.34. The Morgan fingerprint density at radius 1 is 1.29 bits per heavy atom. The van der Waals surface area contributed by atoms with Crippen LogP contribution in [0.15, 0.2) is 0 Å². The van der Waals surface area contributed by atoms with Crippen molar-refractivity contribution in [3.8, 4) is 0 Å². The van der Waals surface area contributed by atoms with Crippen LogP contribution in [0.5, 0.6) is 0 Å². The van der Waals surface area contributed by atoms with Crippen molar-refractivity contribution in [3.05, 3.63) is 0 Å². The van der Waals surface area contributed by atoms with Crippen molar-refractivity contribution in [2.24, 2.45) is 5.92 Å². The lowest BCUT2D eigenvalue weighted by Gasteiger charge is -2.29. The third kappa shape index (κ3) is 7.74. The van der Waals surface area contributed by atoms with Gasteiger partial charge in [-0.15, -0.1) is 0 Å². The maximum Gasteiger partial charge on any atom is 0.0668 e. The highest BCUT2D eigenvalue weighted by atomic mass is 16.5. The minimum atomic E-state index is -0.294. The van der Waals surface area contributed by atoms with Crippen molar-refractivity contribution in [1.29, 1.82) is 0 Å². The third-order valence-corrected chi connectivity index (χ3v) is 3.27. The molecule has 3 nitrogen and oxygen atoms in total. The molecule has 3 heteroatoms. The fraction of sp³-hybridized carbons (Fsp3) is 1.00. The average molecular weight is 245 g/mol. The molecule has 0 rings (SSSR count). The fourth-order valence-corrected chi connectivity index (χ4v) is 1.93. The molecule has 0 aromatic rings. The van der Waals surface area contributed by atoms with Gasteiger partial charge in [-0.25, -0.2) is 0 Å². The van der Waals surface area contributed by atoms with Crippen LogP contribution in [0.25, 0.3) is 0 Å². The van der Waals surface area contributed by atoms with Gasteiger partial charge >= 0.3 is 0 Å². The Labute approximate surface area is 107 Å². The second-order valence-corrected chi connectivity index (χ2v) is 5.18. The number of hydrogen-bond donors (Lipinski definition) is 2. The average Bonchev–Trinajstić information content (AvgIpc) is 2.34. The number of likely N-dealkylation sites (N-methyl/N-ethyl adjacent to an activating group) is 1. The highest BCUT2D eigenvalue weighted by Crippen LogP contribution is 2.14. The number of rotatable bonds is 11. The van der Waals surface area contributed by atoms with Gasteiger partial charge in [-0.1, -0.05) is 40.0 Å². The molecular formula is C14H31NO2. The van der Waals surface area contributed by atoms with Crippen LogP contribution >= 0.6 is 0 Å². The van der Waals surface area contributed by atoms with Crippen LogP contribution in [0.3, 0.4) is 0 Å². The number of hydrogen-bond acceptors (Lipinski definition) is 3. The Bertz CT molecular complexity index is 176. The summed E-state index contributed by atoms with van der Waals surface area (Å²) < 4.78 is 5.77. The van der Waals surface area contributed by atoms with E-state index in [0.717, 1.165) is 13.2 Å². The van der Waals surface area contributed by atoms with E-state index < -0.39 is 0 Å². The second-order valence-electron chi connectivity index (χ2n) is 5.18. The zero-order chi connectivity index (χ0) is 13.1. The topological polar surface area (TPSA) is 41.5 Å². The van der Waals surface area contributed by atoms with E-state index in [-0.39, 0.29) is 12.1 Å². The lowest BCUT2D eigenvalue weighted by atomic mass is 10.0. The van der Waals surface area contributed by atoms with E-state index in [1.165, 1.54) is 25.7 Å². The van der Waals surface area contributed by atoms with Crippen LogP contribution < -0.4 is 5.32 Å². The van der Waals surface area contributed by atoms with Gasteiger partial charge in [0.15, 0.2) is 0 Å². The Balaban J connectivity index is 3.84. The molecule has 0 fully saturated rings. The molecule has 2 unspecified atom stereocenters. The Morgan fingerprint density at radius 2 is 2.00 bits per heavy atom. The molecule has 0 spiro atoms. The highest BCUT2D eigenvalue weighted by molar-refractivity contribution is 4.81. The van der Waals surface area contributed by atoms with Gasteiger partial charge in [0.05, 0.1) is 18.8 Å². The van der Waals surface area contributed by atoms with Gasteiger partial charge in [-0.05, 0) is 25.8 Å². The van der Waals surface area contributed by atoms with E-state index in [2.05, 4.69) is 19.2 Å². The number of aliphatic hydroxyl groups is 1. The van der Waals surface area contributed by atoms with Crippen LogP contribution in [0.1, 0.15) is 53.4 Å². The van der Waals surface area contributed by atoms with Crippen LogP contribution in [-0.4, -0.2) is 37.0 Å². The largest absolute Gasteiger partial charge is 0.394 e. The quantitative estimate of drug-likeness (QED) is 0.588. The summed E-state index contributed by atoms with van der Waals surface area (Å²) in [7, 11) is 0. The van der Waals surface area contributed by atoms with Crippen molar-refractivity contribution in [2.75, 3.05) is 26.4 Å². The Morgan fingerprint density at radius 3 is 2.47 bits per heavy atom. The molecule has 0 saturated heterocycles. The van der Waals surface area contributed by atoms with Crippen LogP contribution in [0, 0.1) is 5.92 Å². The third-order valence-electron chi connectivity index (χ3n) is 3.27. The molecule has 2 atom stereocenters. The minimum absolute atomic E-state index is 0.118. The molecule has 0 aliphatic carbocycles. The van der Waals surface area contributed by atoms with Gasteiger partial charge in [-0.3, -0.25) is 0 Å². The van der Waals surface area contributed by atoms with Crippen LogP contribution in [-0.2, 0) is 4.74 Å². The molecule has 0 saturated carbocycles. The molecule has 0 amide bonds. The second kappa shape index (κ2) is 9.86. The predicted octanol–water partition coefficient (Wildman–Crippen LogP) is 2.58. The lowest BCUT2D eigenvalue weighted by molar-refractivity contribution is 0.0261. The van der Waals surface area contributed by atoms with Crippen LogP contribution in [0.4, 0.5) is 0 Å². The summed E-state index contributed by atoms with van der Waals surface area (Å²) >= 11 is 0. The molecule has 104 valence electrons. The number of aliphatic hydroxyl groups excluding tert-OH is 1. The first kappa shape index (κ1) is 16.9. The van der Waals surface area contributed by atoms with E-state index in [4.69, 9.17) is 4.74 Å². The standard InChI is InChI=1S/C14H31NO2/c1-5-8-9-13(6-2)10-17-12-14(4,11-16)15-7-3/h13,15-16H,5-12H2,1-4H3. The molecule has 2 N–H and O–H groups in total. The van der Waals surface area contributed by atoms with E-state index in [1.54, 1.807) is 0 Å². The summed E-state index contributed by atoms with van der Waals surface area (Å²) in [6.45, 7) is 10.9. The van der Waals surface area contributed by atoms with Crippen molar-refractivity contribution in [3.63, 3.8) is 0 Å². The first-order valence-corrected chi connectivity index (χ1v) is 7.05. The SMILES string of the molecule is CCCCC(CC)COCC(C)(CO)NCC. The zero-order valence-corrected chi connectivity index (χ0v) is 12.1. The minimum Gasteiger partial charge on any atom is -0.394 e. The van der Waals surface area contributed by atoms with Gasteiger partial charge in [0, 0.05) is 6.61 Å². The molecule has 0 aliphatic heterocycles. The van der Waals surface area contributed by atoms with E-state index in [9.17, 15) is 5.11 Å². The van der Waals surface area contributed by atoms with Crippen molar-refractivity contribution in [1.82, 2.24) is 5.32 Å². The molecule has 0 radical (unpaired) electrons. The molecule has 0 aliphatic rings. The number of unbranched alkanes of at least 4 members (excludes halogenated alkanes) is 1. The first-order valence-electron chi connectivity index (χ1n) is 7.05. The summed E-state index contributed by atoms with van der Waals surface area (Å²) in [6, 6.07) is 0. The van der Waals surface area contributed by atoms with Crippen molar-refractivity contribution < 1.29 is 9.84 Å². The molecular weight excluding hydrogens is 214 g/mol. The summed E-state index contributed by atoms with van der Waals surface area (Å²) in [5.74, 6) is 0.666. The maximum absolute atomic E-state index is 9.34. The number of ether oxygens (including phenoxy) is 1. The van der Waals surface area contributed by atoms with Gasteiger partial charge in [-0.2, -0.15) is 0 Å². The van der Waals surface area contributed by atoms with Gasteiger partial charge < -0.3 is 15.2 Å². The van der Waals surface area contributed by atoms with Gasteiger partial charge in [0.25, 0.3) is 0 Å². The normalized spacial score (nSPS) is 16.8. The number of nitrogens with one attached hydrogen (secondary N) is 1. The van der Waals surface area contributed by atoms with E-state index in [0.29, 0.717) is 12.5 Å². The highest BCUT2D eigenvalue weighted by Gasteiger charge is 2.22. The smallest absolute Gasteiger partial charge is 0.0668 e. The lowest BCUT2D eigenvalue weighted by Crippen LogP contribution is -2.49. The molecule has 0 heterocycles. The summed E-state index contributed by atoms with van der Waals surface area (Å²) in [6.07, 6.45) is 4.97. The first-order chi connectivity index (χ1) is 8.11. The van der Waals surface area contributed by atoms with Gasteiger partial charge in [0.1, 0.15) is 0 Å². The molecule has 0 aromatic carbocycles. The Hall–Kier alpha value is -0.120. The molecule has 0 aromatic heterocycles. The van der Waals surface area contributed by atoms with E-state index in [1.807, 2.05) is 13.8 Å². The monoisotopic (exact) mass is 245 g/mol. The van der Waals surface area contributed by atoms with Crippen LogP contribution in [0.2, 0.25) is 0 Å². The van der Waals surface area contributed by atoms with Crippen molar-refractivity contribution >= 4 is 0 Å².